The Balaban J connectivity index is 1.41. The monoisotopic (exact) mass is 366 g/mol. The molecule has 5 fully saturated rings. The minimum atomic E-state index is -0.320. The van der Waals surface area contributed by atoms with E-state index < -0.39 is 0 Å². The van der Waals surface area contributed by atoms with Gasteiger partial charge in [-0.25, -0.2) is 4.98 Å². The summed E-state index contributed by atoms with van der Waals surface area (Å²) in [5.41, 5.74) is -0.186. The average molecular weight is 366 g/mol. The van der Waals surface area contributed by atoms with Crippen molar-refractivity contribution in [1.82, 2.24) is 14.9 Å². The molecule has 1 amide bonds. The predicted octanol–water partition coefficient (Wildman–Crippen LogP) is 2.61. The van der Waals surface area contributed by atoms with E-state index in [1.165, 1.54) is 25.5 Å². The van der Waals surface area contributed by atoms with Crippen molar-refractivity contribution in [3.63, 3.8) is 0 Å². The zero-order valence-corrected chi connectivity index (χ0v) is 15.6. The van der Waals surface area contributed by atoms with Gasteiger partial charge in [-0.1, -0.05) is 0 Å². The molecule has 142 valence electrons. The number of hydrogen-bond acceptors (Lipinski definition) is 4. The lowest BCUT2D eigenvalue weighted by Crippen LogP contribution is -2.50. The minimum absolute atomic E-state index is 0.0204. The van der Waals surface area contributed by atoms with Crippen molar-refractivity contribution in [2.24, 2.45) is 23.7 Å². The highest BCUT2D eigenvalue weighted by atomic mass is 16.2. The molecular weight excluding hydrogens is 340 g/mol. The van der Waals surface area contributed by atoms with E-state index in [0.717, 1.165) is 55.7 Å². The number of nitrogens with one attached hydrogen (secondary N) is 1. The van der Waals surface area contributed by atoms with Gasteiger partial charge in [-0.2, -0.15) is 5.26 Å². The van der Waals surface area contributed by atoms with Gasteiger partial charge in [0.15, 0.2) is 0 Å². The molecule has 4 saturated carbocycles. The van der Waals surface area contributed by atoms with Crippen LogP contribution in [0.15, 0.2) is 11.0 Å². The predicted molar refractivity (Wildman–Crippen MR) is 98.9 cm³/mol. The van der Waals surface area contributed by atoms with E-state index in [1.807, 2.05) is 0 Å². The number of rotatable bonds is 2. The molecule has 1 aliphatic heterocycles. The summed E-state index contributed by atoms with van der Waals surface area (Å²) in [5, 5.41) is 9.14. The number of nitrogens with zero attached hydrogens (tertiary/aromatic N) is 3. The second-order valence-electron chi connectivity index (χ2n) is 9.39. The average Bonchev–Trinajstić information content (AvgIpc) is 2.66. The quantitative estimate of drug-likeness (QED) is 0.871. The maximum Gasteiger partial charge on any atom is 0.263 e. The third-order valence-electron chi connectivity index (χ3n) is 7.46. The molecule has 0 spiro atoms. The Bertz CT molecular complexity index is 832. The molecule has 4 aliphatic carbocycles. The molecule has 1 N–H and O–H groups in total. The fourth-order valence-electron chi connectivity index (χ4n) is 6.65. The van der Waals surface area contributed by atoms with Gasteiger partial charge in [0, 0.05) is 24.7 Å². The number of aromatic amines is 1. The normalized spacial score (nSPS) is 37.2. The van der Waals surface area contributed by atoms with Gasteiger partial charge in [-0.15, -0.1) is 0 Å². The Kier molecular flexibility index (Phi) is 3.89. The van der Waals surface area contributed by atoms with Crippen molar-refractivity contribution in [3.05, 3.63) is 27.9 Å². The van der Waals surface area contributed by atoms with Crippen LogP contribution in [0.1, 0.15) is 67.5 Å². The van der Waals surface area contributed by atoms with E-state index in [0.29, 0.717) is 13.1 Å². The fourth-order valence-corrected chi connectivity index (χ4v) is 6.65. The number of carbonyl (C=O) groups excluding carboxylic acids is 1. The van der Waals surface area contributed by atoms with Gasteiger partial charge >= 0.3 is 0 Å². The highest BCUT2D eigenvalue weighted by Crippen LogP contribution is 2.59. The number of piperidine rings is 1. The first-order chi connectivity index (χ1) is 13.1. The first-order valence-corrected chi connectivity index (χ1v) is 10.3. The lowest BCUT2D eigenvalue weighted by atomic mass is 9.49. The summed E-state index contributed by atoms with van der Waals surface area (Å²) in [7, 11) is 0. The zero-order valence-electron chi connectivity index (χ0n) is 15.6. The molecule has 4 bridgehead atoms. The summed E-state index contributed by atoms with van der Waals surface area (Å²) in [4.78, 5) is 34.8. The molecule has 5 aliphatic rings. The molecule has 6 rings (SSSR count). The Morgan fingerprint density at radius 3 is 2.48 bits per heavy atom. The van der Waals surface area contributed by atoms with Crippen molar-refractivity contribution in [2.45, 2.75) is 56.8 Å². The number of likely N-dealkylation sites (tertiary alicyclic amines) is 1. The topological polar surface area (TPSA) is 89.8 Å². The van der Waals surface area contributed by atoms with Crippen molar-refractivity contribution in [1.29, 1.82) is 5.26 Å². The molecule has 0 aromatic carbocycles. The highest BCUT2D eigenvalue weighted by molar-refractivity contribution is 5.93. The van der Waals surface area contributed by atoms with Crippen LogP contribution in [-0.4, -0.2) is 33.9 Å². The largest absolute Gasteiger partial charge is 0.337 e. The summed E-state index contributed by atoms with van der Waals surface area (Å²) >= 11 is 0. The number of aromatic nitrogens is 2. The van der Waals surface area contributed by atoms with Crippen LogP contribution >= 0.6 is 0 Å². The Morgan fingerprint density at radius 2 is 1.89 bits per heavy atom. The Hall–Kier alpha value is -2.16. The molecule has 1 atom stereocenters. The zero-order chi connectivity index (χ0) is 18.6. The minimum Gasteiger partial charge on any atom is -0.337 e. The van der Waals surface area contributed by atoms with Crippen LogP contribution in [-0.2, 0) is 5.41 Å². The molecule has 1 aromatic rings. The van der Waals surface area contributed by atoms with Crippen LogP contribution in [0.2, 0.25) is 0 Å². The molecule has 0 radical (unpaired) electrons. The van der Waals surface area contributed by atoms with E-state index in [4.69, 9.17) is 5.26 Å². The van der Waals surface area contributed by atoms with Crippen LogP contribution < -0.4 is 5.56 Å². The van der Waals surface area contributed by atoms with Gasteiger partial charge in [-0.3, -0.25) is 9.59 Å². The van der Waals surface area contributed by atoms with Gasteiger partial charge < -0.3 is 9.88 Å². The first-order valence-electron chi connectivity index (χ1n) is 10.3. The van der Waals surface area contributed by atoms with Crippen molar-refractivity contribution in [3.8, 4) is 6.07 Å². The molecule has 6 nitrogen and oxygen atoms in total. The van der Waals surface area contributed by atoms with Crippen LogP contribution in [0.5, 0.6) is 0 Å². The standard InChI is InChI=1S/C21H26N4O2/c22-10-13-2-1-3-25(12-13)19(27)17-11-23-20(24-18(17)26)21-7-14-4-15(8-21)6-16(5-14)9-21/h11,13-16H,1-9,12H2,(H,23,24,26). The SMILES string of the molecule is N#CC1CCCN(C(=O)c2cnc(C34CC5CC(CC(C5)C3)C4)[nH]c2=O)C1. The summed E-state index contributed by atoms with van der Waals surface area (Å²) in [5.74, 6) is 2.70. The third kappa shape index (κ3) is 2.79. The lowest BCUT2D eigenvalue weighted by Gasteiger charge is -2.56. The molecule has 1 saturated heterocycles. The molecule has 1 unspecified atom stereocenters. The second kappa shape index (κ2) is 6.19. The first kappa shape index (κ1) is 17.0. The van der Waals surface area contributed by atoms with Crippen molar-refractivity contribution >= 4 is 5.91 Å². The van der Waals surface area contributed by atoms with Crippen molar-refractivity contribution in [2.75, 3.05) is 13.1 Å². The van der Waals surface area contributed by atoms with E-state index in [1.54, 1.807) is 4.90 Å². The van der Waals surface area contributed by atoms with Gasteiger partial charge in [0.25, 0.3) is 11.5 Å². The molecule has 1 aromatic heterocycles. The van der Waals surface area contributed by atoms with Gasteiger partial charge in [-0.05, 0) is 69.1 Å². The number of carbonyl (C=O) groups is 1. The van der Waals surface area contributed by atoms with Crippen molar-refractivity contribution < 1.29 is 4.79 Å². The number of hydrogen-bond donors (Lipinski definition) is 1. The van der Waals surface area contributed by atoms with E-state index >= 15 is 0 Å². The smallest absolute Gasteiger partial charge is 0.263 e. The van der Waals surface area contributed by atoms with E-state index in [9.17, 15) is 9.59 Å². The fraction of sp³-hybridized carbons (Fsp3) is 0.714. The Labute approximate surface area is 159 Å². The number of nitriles is 1. The summed E-state index contributed by atoms with van der Waals surface area (Å²) < 4.78 is 0. The van der Waals surface area contributed by atoms with Crippen LogP contribution in [0.4, 0.5) is 0 Å². The number of H-pyrrole nitrogens is 1. The van der Waals surface area contributed by atoms with Gasteiger partial charge in [0.2, 0.25) is 0 Å². The Morgan fingerprint density at radius 1 is 1.22 bits per heavy atom. The highest BCUT2D eigenvalue weighted by Gasteiger charge is 2.53. The summed E-state index contributed by atoms with van der Waals surface area (Å²) in [6.45, 7) is 1.01. The maximum absolute atomic E-state index is 12.8. The summed E-state index contributed by atoms with van der Waals surface area (Å²) in [6.07, 6.45) is 10.5. The third-order valence-corrected chi connectivity index (χ3v) is 7.46. The maximum atomic E-state index is 12.8. The van der Waals surface area contributed by atoms with E-state index in [2.05, 4.69) is 16.0 Å². The molecular formula is C21H26N4O2. The lowest BCUT2D eigenvalue weighted by molar-refractivity contribution is -0.00955. The van der Waals surface area contributed by atoms with E-state index in [-0.39, 0.29) is 28.4 Å². The summed E-state index contributed by atoms with van der Waals surface area (Å²) in [6, 6.07) is 2.24. The van der Waals surface area contributed by atoms with Gasteiger partial charge in [0.1, 0.15) is 11.4 Å². The molecule has 6 heteroatoms. The van der Waals surface area contributed by atoms with Gasteiger partial charge in [0.05, 0.1) is 12.0 Å². The van der Waals surface area contributed by atoms with Crippen LogP contribution in [0.3, 0.4) is 0 Å². The van der Waals surface area contributed by atoms with Crippen LogP contribution in [0, 0.1) is 35.0 Å². The molecule has 2 heterocycles. The number of amides is 1. The molecule has 27 heavy (non-hydrogen) atoms. The van der Waals surface area contributed by atoms with Crippen LogP contribution in [0.25, 0.3) is 0 Å². The second-order valence-corrected chi connectivity index (χ2v) is 9.39.